The fraction of sp³-hybridized carbons (Fsp3) is 0.632. The maximum atomic E-state index is 13.0. The summed E-state index contributed by atoms with van der Waals surface area (Å²) in [6, 6.07) is 8.28. The van der Waals surface area contributed by atoms with Gasteiger partial charge in [0, 0.05) is 26.2 Å². The summed E-state index contributed by atoms with van der Waals surface area (Å²) in [5, 5.41) is 0. The van der Waals surface area contributed by atoms with Crippen LogP contribution in [0.1, 0.15) is 49.7 Å². The van der Waals surface area contributed by atoms with Gasteiger partial charge in [0.1, 0.15) is 0 Å². The average Bonchev–Trinajstić information content (AvgIpc) is 2.66. The molecule has 3 rings (SSSR count). The van der Waals surface area contributed by atoms with Gasteiger partial charge >= 0.3 is 0 Å². The van der Waals surface area contributed by atoms with Gasteiger partial charge in [-0.25, -0.2) is 12.7 Å². The normalized spacial score (nSPS) is 22.0. The summed E-state index contributed by atoms with van der Waals surface area (Å²) in [4.78, 5) is 15.0. The molecule has 1 unspecified atom stereocenters. The highest BCUT2D eigenvalue weighted by atomic mass is 32.2. The summed E-state index contributed by atoms with van der Waals surface area (Å²) in [6.45, 7) is 2.96. The molecule has 0 aromatic heterocycles. The van der Waals surface area contributed by atoms with Gasteiger partial charge in [-0.1, -0.05) is 24.3 Å². The molecule has 0 saturated carbocycles. The van der Waals surface area contributed by atoms with Crippen molar-refractivity contribution in [3.63, 3.8) is 0 Å². The quantitative estimate of drug-likeness (QED) is 0.824. The zero-order valence-corrected chi connectivity index (χ0v) is 16.0. The number of piperidine rings is 1. The molecular formula is C19H28N2O3S. The smallest absolute Gasteiger partial charge is 0.230 e. The summed E-state index contributed by atoms with van der Waals surface area (Å²) in [5.74, 6) is 0.312. The van der Waals surface area contributed by atoms with Gasteiger partial charge < -0.3 is 4.90 Å². The predicted octanol–water partition coefficient (Wildman–Crippen LogP) is 2.38. The van der Waals surface area contributed by atoms with E-state index in [1.807, 2.05) is 17.0 Å². The summed E-state index contributed by atoms with van der Waals surface area (Å²) in [6.07, 6.45) is 4.47. The number of likely N-dealkylation sites (tertiary alicyclic amines) is 1. The second-order valence-electron chi connectivity index (χ2n) is 7.12. The molecule has 0 spiro atoms. The minimum atomic E-state index is -3.17. The summed E-state index contributed by atoms with van der Waals surface area (Å²) in [7, 11) is -1.50. The van der Waals surface area contributed by atoms with Gasteiger partial charge in [-0.2, -0.15) is 0 Å². The van der Waals surface area contributed by atoms with E-state index in [0.717, 1.165) is 32.1 Å². The lowest BCUT2D eigenvalue weighted by Gasteiger charge is -2.38. The van der Waals surface area contributed by atoms with Crippen LogP contribution in [0.4, 0.5) is 0 Å². The number of benzene rings is 1. The van der Waals surface area contributed by atoms with E-state index in [1.165, 1.54) is 15.4 Å². The van der Waals surface area contributed by atoms with Crippen molar-refractivity contribution in [3.8, 4) is 0 Å². The molecule has 0 N–H and O–H groups in total. The number of sulfonamides is 1. The van der Waals surface area contributed by atoms with Gasteiger partial charge in [-0.3, -0.25) is 4.79 Å². The number of hydrogen-bond acceptors (Lipinski definition) is 3. The van der Waals surface area contributed by atoms with Crippen LogP contribution in [0.5, 0.6) is 0 Å². The lowest BCUT2D eigenvalue weighted by molar-refractivity contribution is -0.134. The number of rotatable bonds is 4. The Kier molecular flexibility index (Phi) is 5.49. The van der Waals surface area contributed by atoms with Crippen LogP contribution in [-0.2, 0) is 21.2 Å². The molecule has 1 aliphatic carbocycles. The first-order valence-corrected chi connectivity index (χ1v) is 10.9. The number of fused-ring (bicyclic) bond motifs is 1. The number of aryl methyl sites for hydroxylation is 1. The predicted molar refractivity (Wildman–Crippen MR) is 98.9 cm³/mol. The zero-order valence-electron chi connectivity index (χ0n) is 15.1. The molecule has 1 amide bonds. The minimum absolute atomic E-state index is 0.00708. The first-order chi connectivity index (χ1) is 11.9. The fourth-order valence-corrected chi connectivity index (χ4v) is 5.18. The Hall–Kier alpha value is -1.40. The SMILES string of the molecule is CCS(=O)(=O)N(C)C1CCN(C(=O)C2CCCc3ccccc32)CC1. The van der Waals surface area contributed by atoms with Crippen LogP contribution < -0.4 is 0 Å². The van der Waals surface area contributed by atoms with Crippen molar-refractivity contribution < 1.29 is 13.2 Å². The van der Waals surface area contributed by atoms with E-state index in [2.05, 4.69) is 12.1 Å². The van der Waals surface area contributed by atoms with E-state index in [0.29, 0.717) is 13.1 Å². The maximum absolute atomic E-state index is 13.0. The molecule has 138 valence electrons. The average molecular weight is 365 g/mol. The molecular weight excluding hydrogens is 336 g/mol. The standard InChI is InChI=1S/C19H28N2O3S/c1-3-25(23,24)20(2)16-11-13-21(14-12-16)19(22)18-10-6-8-15-7-4-5-9-17(15)18/h4-5,7,9,16,18H,3,6,8,10-14H2,1-2H3. The van der Waals surface area contributed by atoms with E-state index in [9.17, 15) is 13.2 Å². The largest absolute Gasteiger partial charge is 0.342 e. The Bertz CT molecular complexity index is 724. The molecule has 1 aliphatic heterocycles. The van der Waals surface area contributed by atoms with E-state index in [4.69, 9.17) is 0 Å². The van der Waals surface area contributed by atoms with E-state index < -0.39 is 10.0 Å². The van der Waals surface area contributed by atoms with Crippen LogP contribution in [0.2, 0.25) is 0 Å². The third-order valence-electron chi connectivity index (χ3n) is 5.76. The van der Waals surface area contributed by atoms with Gasteiger partial charge in [0.15, 0.2) is 0 Å². The number of carbonyl (C=O) groups excluding carboxylic acids is 1. The van der Waals surface area contributed by atoms with Crippen LogP contribution >= 0.6 is 0 Å². The lowest BCUT2D eigenvalue weighted by atomic mass is 9.82. The van der Waals surface area contributed by atoms with Crippen LogP contribution in [0, 0.1) is 0 Å². The van der Waals surface area contributed by atoms with Crippen molar-refractivity contribution in [2.24, 2.45) is 0 Å². The molecule has 1 atom stereocenters. The monoisotopic (exact) mass is 364 g/mol. The molecule has 2 aliphatic rings. The topological polar surface area (TPSA) is 57.7 Å². The lowest BCUT2D eigenvalue weighted by Crippen LogP contribution is -2.48. The first-order valence-electron chi connectivity index (χ1n) is 9.26. The summed E-state index contributed by atoms with van der Waals surface area (Å²) in [5.41, 5.74) is 2.49. The minimum Gasteiger partial charge on any atom is -0.342 e. The van der Waals surface area contributed by atoms with Crippen LogP contribution in [-0.4, -0.2) is 55.5 Å². The van der Waals surface area contributed by atoms with Gasteiger partial charge in [0.05, 0.1) is 11.7 Å². The van der Waals surface area contributed by atoms with Gasteiger partial charge in [0.25, 0.3) is 0 Å². The van der Waals surface area contributed by atoms with E-state index >= 15 is 0 Å². The Balaban J connectivity index is 1.65. The fourth-order valence-electron chi connectivity index (χ4n) is 4.11. The first kappa shape index (κ1) is 18.4. The Morgan fingerprint density at radius 1 is 1.20 bits per heavy atom. The second-order valence-corrected chi connectivity index (χ2v) is 9.43. The molecule has 1 heterocycles. The van der Waals surface area contributed by atoms with Crippen LogP contribution in [0.15, 0.2) is 24.3 Å². The highest BCUT2D eigenvalue weighted by Gasteiger charge is 2.34. The second kappa shape index (κ2) is 7.46. The molecule has 5 nitrogen and oxygen atoms in total. The maximum Gasteiger partial charge on any atom is 0.230 e. The zero-order chi connectivity index (χ0) is 18.0. The van der Waals surface area contributed by atoms with Crippen molar-refractivity contribution in [1.29, 1.82) is 0 Å². The van der Waals surface area contributed by atoms with E-state index in [1.54, 1.807) is 14.0 Å². The van der Waals surface area contributed by atoms with Crippen molar-refractivity contribution in [2.75, 3.05) is 25.9 Å². The summed E-state index contributed by atoms with van der Waals surface area (Å²) < 4.78 is 25.6. The Labute approximate surface area is 151 Å². The van der Waals surface area contributed by atoms with Crippen LogP contribution in [0.3, 0.4) is 0 Å². The number of nitrogens with zero attached hydrogens (tertiary/aromatic N) is 2. The van der Waals surface area contributed by atoms with Gasteiger partial charge in [0.2, 0.25) is 15.9 Å². The molecule has 1 fully saturated rings. The van der Waals surface area contributed by atoms with E-state index in [-0.39, 0.29) is 23.6 Å². The highest BCUT2D eigenvalue weighted by molar-refractivity contribution is 7.89. The number of carbonyl (C=O) groups is 1. The number of hydrogen-bond donors (Lipinski definition) is 0. The highest BCUT2D eigenvalue weighted by Crippen LogP contribution is 2.33. The molecule has 0 bridgehead atoms. The third-order valence-corrected chi connectivity index (χ3v) is 7.67. The summed E-state index contributed by atoms with van der Waals surface area (Å²) >= 11 is 0. The van der Waals surface area contributed by atoms with Gasteiger partial charge in [-0.05, 0) is 50.2 Å². The Morgan fingerprint density at radius 2 is 1.88 bits per heavy atom. The molecule has 1 aromatic carbocycles. The molecule has 1 saturated heterocycles. The van der Waals surface area contributed by atoms with Crippen molar-refractivity contribution in [3.05, 3.63) is 35.4 Å². The van der Waals surface area contributed by atoms with Crippen molar-refractivity contribution in [1.82, 2.24) is 9.21 Å². The molecule has 1 aromatic rings. The van der Waals surface area contributed by atoms with Crippen molar-refractivity contribution >= 4 is 15.9 Å². The van der Waals surface area contributed by atoms with Crippen LogP contribution in [0.25, 0.3) is 0 Å². The number of amides is 1. The van der Waals surface area contributed by atoms with Crippen molar-refractivity contribution in [2.45, 2.75) is 51.0 Å². The molecule has 6 heteroatoms. The molecule has 0 radical (unpaired) electrons. The molecule has 25 heavy (non-hydrogen) atoms. The third kappa shape index (κ3) is 3.75. The Morgan fingerprint density at radius 3 is 2.56 bits per heavy atom. The van der Waals surface area contributed by atoms with Gasteiger partial charge in [-0.15, -0.1) is 0 Å².